The molecule has 0 radical (unpaired) electrons. The van der Waals surface area contributed by atoms with Crippen LogP contribution >= 0.6 is 0 Å². The minimum absolute atomic E-state index is 0.179. The molecule has 0 aliphatic heterocycles. The second-order valence-corrected chi connectivity index (χ2v) is 5.27. The molecule has 2 heteroatoms. The molecule has 0 spiro atoms. The number of hydrogen-bond donors (Lipinski definition) is 1. The summed E-state index contributed by atoms with van der Waals surface area (Å²) in [6.07, 6.45) is 5.18. The van der Waals surface area contributed by atoms with E-state index in [0.29, 0.717) is 0 Å². The van der Waals surface area contributed by atoms with Crippen LogP contribution < -0.4 is 0 Å². The van der Waals surface area contributed by atoms with Gasteiger partial charge in [0.25, 0.3) is 0 Å². The van der Waals surface area contributed by atoms with E-state index in [2.05, 4.69) is 24.3 Å². The van der Waals surface area contributed by atoms with E-state index in [0.717, 1.165) is 32.1 Å². The highest BCUT2D eigenvalue weighted by Crippen LogP contribution is 2.19. The number of aliphatic carboxylic acids is 1. The summed E-state index contributed by atoms with van der Waals surface area (Å²) in [5, 5.41) is 9.08. The zero-order valence-electron chi connectivity index (χ0n) is 11.4. The maximum absolute atomic E-state index is 11.0. The van der Waals surface area contributed by atoms with E-state index < -0.39 is 5.97 Å². The van der Waals surface area contributed by atoms with Crippen molar-refractivity contribution < 1.29 is 9.90 Å². The van der Waals surface area contributed by atoms with Crippen molar-refractivity contribution in [1.82, 2.24) is 0 Å². The third-order valence-corrected chi connectivity index (χ3v) is 3.45. The van der Waals surface area contributed by atoms with Gasteiger partial charge >= 0.3 is 5.97 Å². The molecular formula is C16H24O2. The minimum Gasteiger partial charge on any atom is -0.481 e. The SMILES string of the molecule is CC(C)C(CCCCCc1ccccc1)C(=O)O. The number of benzene rings is 1. The molecule has 0 saturated carbocycles. The number of carboxylic acids is 1. The summed E-state index contributed by atoms with van der Waals surface area (Å²) in [5.74, 6) is -0.591. The molecule has 18 heavy (non-hydrogen) atoms. The van der Waals surface area contributed by atoms with E-state index in [-0.39, 0.29) is 11.8 Å². The molecule has 1 aromatic carbocycles. The smallest absolute Gasteiger partial charge is 0.306 e. The van der Waals surface area contributed by atoms with Crippen LogP contribution in [0, 0.1) is 11.8 Å². The average Bonchev–Trinajstić information content (AvgIpc) is 2.34. The molecule has 2 nitrogen and oxygen atoms in total. The fraction of sp³-hybridized carbons (Fsp3) is 0.562. The summed E-state index contributed by atoms with van der Waals surface area (Å²) in [7, 11) is 0. The van der Waals surface area contributed by atoms with Gasteiger partial charge in [-0.15, -0.1) is 0 Å². The summed E-state index contributed by atoms with van der Waals surface area (Å²) in [6, 6.07) is 10.5. The highest BCUT2D eigenvalue weighted by Gasteiger charge is 2.20. The van der Waals surface area contributed by atoms with Crippen LogP contribution in [0.15, 0.2) is 30.3 Å². The van der Waals surface area contributed by atoms with Gasteiger partial charge in [-0.2, -0.15) is 0 Å². The molecule has 0 amide bonds. The summed E-state index contributed by atoms with van der Waals surface area (Å²) in [5.41, 5.74) is 1.37. The number of unbranched alkanes of at least 4 members (excludes halogenated alkanes) is 2. The third kappa shape index (κ3) is 5.35. The number of carbonyl (C=O) groups is 1. The fourth-order valence-electron chi connectivity index (χ4n) is 2.26. The Kier molecular flexibility index (Phi) is 6.48. The molecule has 1 aromatic rings. The quantitative estimate of drug-likeness (QED) is 0.702. The Morgan fingerprint density at radius 2 is 1.78 bits per heavy atom. The molecule has 0 saturated heterocycles. The Balaban J connectivity index is 2.17. The van der Waals surface area contributed by atoms with Crippen molar-refractivity contribution >= 4 is 5.97 Å². The molecule has 0 aromatic heterocycles. The topological polar surface area (TPSA) is 37.3 Å². The lowest BCUT2D eigenvalue weighted by molar-refractivity contribution is -0.143. The maximum atomic E-state index is 11.0. The molecule has 0 aliphatic carbocycles. The first-order chi connectivity index (χ1) is 8.61. The van der Waals surface area contributed by atoms with Crippen molar-refractivity contribution in [2.24, 2.45) is 11.8 Å². The monoisotopic (exact) mass is 248 g/mol. The van der Waals surface area contributed by atoms with E-state index in [1.54, 1.807) is 0 Å². The predicted octanol–water partition coefficient (Wildman–Crippen LogP) is 4.15. The molecule has 1 unspecified atom stereocenters. The lowest BCUT2D eigenvalue weighted by Crippen LogP contribution is -2.19. The lowest BCUT2D eigenvalue weighted by atomic mass is 9.90. The molecule has 0 aliphatic rings. The highest BCUT2D eigenvalue weighted by molar-refractivity contribution is 5.70. The zero-order valence-corrected chi connectivity index (χ0v) is 11.4. The van der Waals surface area contributed by atoms with Crippen LogP contribution in [0.5, 0.6) is 0 Å². The van der Waals surface area contributed by atoms with Crippen molar-refractivity contribution in [3.63, 3.8) is 0 Å². The van der Waals surface area contributed by atoms with E-state index in [9.17, 15) is 4.79 Å². The molecule has 0 bridgehead atoms. The first-order valence-electron chi connectivity index (χ1n) is 6.88. The standard InChI is InChI=1S/C16H24O2/c1-13(2)15(16(17)18)12-8-4-7-11-14-9-5-3-6-10-14/h3,5-6,9-10,13,15H,4,7-8,11-12H2,1-2H3,(H,17,18). The Labute approximate surface area is 110 Å². The molecular weight excluding hydrogens is 224 g/mol. The van der Waals surface area contributed by atoms with Crippen LogP contribution in [0.1, 0.15) is 45.1 Å². The van der Waals surface area contributed by atoms with Gasteiger partial charge in [0.05, 0.1) is 5.92 Å². The van der Waals surface area contributed by atoms with Crippen molar-refractivity contribution in [2.45, 2.75) is 46.0 Å². The lowest BCUT2D eigenvalue weighted by Gasteiger charge is -2.15. The number of rotatable bonds is 8. The molecule has 0 fully saturated rings. The summed E-state index contributed by atoms with van der Waals surface area (Å²) in [6.45, 7) is 3.98. The summed E-state index contributed by atoms with van der Waals surface area (Å²) < 4.78 is 0. The number of hydrogen-bond acceptors (Lipinski definition) is 1. The van der Waals surface area contributed by atoms with E-state index in [4.69, 9.17) is 5.11 Å². The Morgan fingerprint density at radius 1 is 1.11 bits per heavy atom. The Hall–Kier alpha value is -1.31. The van der Waals surface area contributed by atoms with Crippen LogP contribution in [-0.2, 0) is 11.2 Å². The zero-order chi connectivity index (χ0) is 13.4. The second kappa shape index (κ2) is 7.91. The van der Waals surface area contributed by atoms with Gasteiger partial charge in [0.2, 0.25) is 0 Å². The van der Waals surface area contributed by atoms with Crippen molar-refractivity contribution in [3.8, 4) is 0 Å². The normalized spacial score (nSPS) is 12.6. The minimum atomic E-state index is -0.645. The number of aryl methyl sites for hydroxylation is 1. The molecule has 100 valence electrons. The van der Waals surface area contributed by atoms with Gasteiger partial charge in [0.15, 0.2) is 0 Å². The molecule has 1 atom stereocenters. The maximum Gasteiger partial charge on any atom is 0.306 e. The summed E-state index contributed by atoms with van der Waals surface area (Å²) in [4.78, 5) is 11.0. The molecule has 0 heterocycles. The van der Waals surface area contributed by atoms with E-state index >= 15 is 0 Å². The van der Waals surface area contributed by atoms with Gasteiger partial charge in [-0.05, 0) is 30.7 Å². The number of carboxylic acid groups (broad SMARTS) is 1. The van der Waals surface area contributed by atoms with Crippen molar-refractivity contribution in [2.75, 3.05) is 0 Å². The van der Waals surface area contributed by atoms with Crippen molar-refractivity contribution in [1.29, 1.82) is 0 Å². The highest BCUT2D eigenvalue weighted by atomic mass is 16.4. The fourth-order valence-corrected chi connectivity index (χ4v) is 2.26. The van der Waals surface area contributed by atoms with Gasteiger partial charge in [-0.25, -0.2) is 0 Å². The molecule has 1 N–H and O–H groups in total. The van der Waals surface area contributed by atoms with Crippen LogP contribution in [0.25, 0.3) is 0 Å². The van der Waals surface area contributed by atoms with Gasteiger partial charge in [0, 0.05) is 0 Å². The summed E-state index contributed by atoms with van der Waals surface area (Å²) >= 11 is 0. The average molecular weight is 248 g/mol. The Bertz CT molecular complexity index is 343. The van der Waals surface area contributed by atoms with Crippen LogP contribution in [0.3, 0.4) is 0 Å². The molecule has 1 rings (SSSR count). The second-order valence-electron chi connectivity index (χ2n) is 5.27. The van der Waals surface area contributed by atoms with Gasteiger partial charge in [-0.1, -0.05) is 57.0 Å². The van der Waals surface area contributed by atoms with E-state index in [1.165, 1.54) is 5.56 Å². The predicted molar refractivity (Wildman–Crippen MR) is 74.6 cm³/mol. The third-order valence-electron chi connectivity index (χ3n) is 3.45. The van der Waals surface area contributed by atoms with E-state index in [1.807, 2.05) is 19.9 Å². The largest absolute Gasteiger partial charge is 0.481 e. The Morgan fingerprint density at radius 3 is 2.33 bits per heavy atom. The van der Waals surface area contributed by atoms with Crippen LogP contribution in [-0.4, -0.2) is 11.1 Å². The first kappa shape index (κ1) is 14.7. The van der Waals surface area contributed by atoms with Crippen LogP contribution in [0.4, 0.5) is 0 Å². The van der Waals surface area contributed by atoms with Gasteiger partial charge in [-0.3, -0.25) is 4.79 Å². The first-order valence-corrected chi connectivity index (χ1v) is 6.88. The van der Waals surface area contributed by atoms with Gasteiger partial charge in [0.1, 0.15) is 0 Å². The van der Waals surface area contributed by atoms with Crippen LogP contribution in [0.2, 0.25) is 0 Å². The van der Waals surface area contributed by atoms with Crippen molar-refractivity contribution in [3.05, 3.63) is 35.9 Å². The van der Waals surface area contributed by atoms with Gasteiger partial charge < -0.3 is 5.11 Å².